The Bertz CT molecular complexity index is 1470. The molecule has 0 aliphatic heterocycles. The monoisotopic (exact) mass is 520 g/mol. The lowest BCUT2D eigenvalue weighted by molar-refractivity contribution is -0.119. The number of anilines is 1. The van der Waals surface area contributed by atoms with Crippen molar-refractivity contribution in [1.29, 1.82) is 0 Å². The fourth-order valence-electron chi connectivity index (χ4n) is 3.83. The third-order valence-electron chi connectivity index (χ3n) is 5.80. The molecule has 0 aliphatic rings. The number of aryl methyl sites for hydroxylation is 1. The molecule has 37 heavy (non-hydrogen) atoms. The van der Waals surface area contributed by atoms with Crippen LogP contribution in [0.4, 0.5) is 5.69 Å². The molecule has 1 aromatic heterocycles. The van der Waals surface area contributed by atoms with Crippen molar-refractivity contribution in [2.45, 2.75) is 18.4 Å². The van der Waals surface area contributed by atoms with Crippen LogP contribution >= 0.6 is 0 Å². The Labute approximate surface area is 216 Å². The molecule has 3 aromatic carbocycles. The van der Waals surface area contributed by atoms with E-state index in [1.54, 1.807) is 36.5 Å². The molecule has 9 nitrogen and oxygen atoms in total. The zero-order chi connectivity index (χ0) is 26.4. The minimum absolute atomic E-state index is 0.0211. The van der Waals surface area contributed by atoms with E-state index in [0.717, 1.165) is 21.4 Å². The molecule has 0 fully saturated rings. The molecule has 0 saturated carbocycles. The van der Waals surface area contributed by atoms with Crippen LogP contribution in [-0.4, -0.2) is 44.6 Å². The Balaban J connectivity index is 1.52. The third-order valence-corrected chi connectivity index (χ3v) is 7.57. The number of ether oxygens (including phenoxy) is 2. The number of hydrogen-bond acceptors (Lipinski definition) is 6. The molecule has 4 aromatic rings. The van der Waals surface area contributed by atoms with Crippen LogP contribution in [-0.2, 0) is 21.4 Å². The van der Waals surface area contributed by atoms with Crippen LogP contribution in [0.15, 0.2) is 90.1 Å². The lowest BCUT2D eigenvalue weighted by Gasteiger charge is -2.24. The van der Waals surface area contributed by atoms with Crippen LogP contribution in [0.1, 0.15) is 11.4 Å². The first kappa shape index (κ1) is 25.8. The van der Waals surface area contributed by atoms with Crippen molar-refractivity contribution in [3.8, 4) is 17.2 Å². The molecular formula is C27H28N4O5S. The fourth-order valence-corrected chi connectivity index (χ4v) is 5.26. The highest BCUT2D eigenvalue weighted by atomic mass is 32.2. The SMILES string of the molecule is COc1ccc(S(=O)(=O)N(CC(=O)NCc2ccc(-n3ccnc3C)cc2)c2ccccc2)cc1OC. The van der Waals surface area contributed by atoms with Crippen molar-refractivity contribution < 1.29 is 22.7 Å². The van der Waals surface area contributed by atoms with Gasteiger partial charge in [-0.25, -0.2) is 13.4 Å². The second-order valence-corrected chi connectivity index (χ2v) is 10.0. The smallest absolute Gasteiger partial charge is 0.264 e. The van der Waals surface area contributed by atoms with E-state index in [1.807, 2.05) is 42.0 Å². The van der Waals surface area contributed by atoms with E-state index >= 15 is 0 Å². The summed E-state index contributed by atoms with van der Waals surface area (Å²) in [6.45, 7) is 1.77. The summed E-state index contributed by atoms with van der Waals surface area (Å²) in [7, 11) is -1.19. The number of nitrogens with one attached hydrogen (secondary N) is 1. The van der Waals surface area contributed by atoms with Crippen LogP contribution in [0.2, 0.25) is 0 Å². The third kappa shape index (κ3) is 5.75. The molecular weight excluding hydrogens is 492 g/mol. The van der Waals surface area contributed by atoms with Gasteiger partial charge in [0.2, 0.25) is 5.91 Å². The van der Waals surface area contributed by atoms with E-state index in [9.17, 15) is 13.2 Å². The summed E-state index contributed by atoms with van der Waals surface area (Å²) in [5, 5.41) is 2.82. The predicted molar refractivity (Wildman–Crippen MR) is 141 cm³/mol. The minimum atomic E-state index is -4.10. The average molecular weight is 521 g/mol. The molecule has 0 bridgehead atoms. The Morgan fingerprint density at radius 3 is 2.30 bits per heavy atom. The van der Waals surface area contributed by atoms with Crippen LogP contribution in [0.3, 0.4) is 0 Å². The van der Waals surface area contributed by atoms with Crippen molar-refractivity contribution in [3.63, 3.8) is 0 Å². The first-order chi connectivity index (χ1) is 17.8. The van der Waals surface area contributed by atoms with Crippen molar-refractivity contribution in [2.24, 2.45) is 0 Å². The normalized spacial score (nSPS) is 11.1. The summed E-state index contributed by atoms with van der Waals surface area (Å²) in [4.78, 5) is 17.1. The quantitative estimate of drug-likeness (QED) is 0.342. The predicted octanol–water partition coefficient (Wildman–Crippen LogP) is 3.71. The fraction of sp³-hybridized carbons (Fsp3) is 0.185. The van der Waals surface area contributed by atoms with Crippen molar-refractivity contribution in [3.05, 3.63) is 96.6 Å². The van der Waals surface area contributed by atoms with E-state index in [4.69, 9.17) is 9.47 Å². The highest BCUT2D eigenvalue weighted by Crippen LogP contribution is 2.32. The number of carbonyl (C=O) groups excluding carboxylic acids is 1. The van der Waals surface area contributed by atoms with Crippen LogP contribution in [0.25, 0.3) is 5.69 Å². The van der Waals surface area contributed by atoms with Gasteiger partial charge in [-0.15, -0.1) is 0 Å². The van der Waals surface area contributed by atoms with Gasteiger partial charge in [0.05, 0.1) is 24.8 Å². The van der Waals surface area contributed by atoms with E-state index in [-0.39, 0.29) is 17.2 Å². The summed E-state index contributed by atoms with van der Waals surface area (Å²) < 4.78 is 40.8. The van der Waals surface area contributed by atoms with Gasteiger partial charge in [-0.05, 0) is 48.9 Å². The molecule has 192 valence electrons. The summed E-state index contributed by atoms with van der Waals surface area (Å²) in [6, 6.07) is 20.5. The maximum Gasteiger partial charge on any atom is 0.264 e. The number of carbonyl (C=O) groups is 1. The minimum Gasteiger partial charge on any atom is -0.493 e. The number of rotatable bonds is 10. The molecule has 4 rings (SSSR count). The van der Waals surface area contributed by atoms with Gasteiger partial charge in [0, 0.05) is 30.7 Å². The summed E-state index contributed by atoms with van der Waals surface area (Å²) in [6.07, 6.45) is 3.61. The molecule has 1 heterocycles. The Morgan fingerprint density at radius 2 is 1.68 bits per heavy atom. The number of amides is 1. The molecule has 0 saturated heterocycles. The van der Waals surface area contributed by atoms with Crippen LogP contribution in [0.5, 0.6) is 11.5 Å². The average Bonchev–Trinajstić information content (AvgIpc) is 3.36. The molecule has 0 radical (unpaired) electrons. The summed E-state index contributed by atoms with van der Waals surface area (Å²) >= 11 is 0. The summed E-state index contributed by atoms with van der Waals surface area (Å²) in [5.74, 6) is 1.11. The van der Waals surface area contributed by atoms with E-state index < -0.39 is 22.5 Å². The highest BCUT2D eigenvalue weighted by Gasteiger charge is 2.28. The Morgan fingerprint density at radius 1 is 0.973 bits per heavy atom. The Kier molecular flexibility index (Phi) is 7.78. The van der Waals surface area contributed by atoms with Crippen LogP contribution < -0.4 is 19.1 Å². The van der Waals surface area contributed by atoms with Gasteiger partial charge in [-0.2, -0.15) is 0 Å². The van der Waals surface area contributed by atoms with E-state index in [0.29, 0.717) is 11.4 Å². The number of nitrogens with zero attached hydrogens (tertiary/aromatic N) is 3. The van der Waals surface area contributed by atoms with E-state index in [2.05, 4.69) is 10.3 Å². The molecule has 1 N–H and O–H groups in total. The number of imidazole rings is 1. The maximum atomic E-state index is 13.6. The number of para-hydroxylation sites is 1. The number of sulfonamides is 1. The van der Waals surface area contributed by atoms with Crippen molar-refractivity contribution in [1.82, 2.24) is 14.9 Å². The molecule has 10 heteroatoms. The molecule has 0 aliphatic carbocycles. The standard InChI is InChI=1S/C27H28N4O5S/c1-20-28-15-16-30(20)22-11-9-21(10-12-22)18-29-27(32)19-31(23-7-5-4-6-8-23)37(33,34)24-13-14-25(35-2)26(17-24)36-3/h4-17H,18-19H2,1-3H3,(H,29,32). The number of hydrogen-bond donors (Lipinski definition) is 1. The van der Waals surface area contributed by atoms with Crippen molar-refractivity contribution in [2.75, 3.05) is 25.1 Å². The van der Waals surface area contributed by atoms with Gasteiger partial charge < -0.3 is 19.4 Å². The van der Waals surface area contributed by atoms with Gasteiger partial charge >= 0.3 is 0 Å². The maximum absolute atomic E-state index is 13.6. The topological polar surface area (TPSA) is 103 Å². The number of benzene rings is 3. The van der Waals surface area contributed by atoms with Crippen molar-refractivity contribution >= 4 is 21.6 Å². The van der Waals surface area contributed by atoms with E-state index in [1.165, 1.54) is 32.4 Å². The van der Waals surface area contributed by atoms with Crippen LogP contribution in [0, 0.1) is 6.92 Å². The molecule has 0 atom stereocenters. The lowest BCUT2D eigenvalue weighted by Crippen LogP contribution is -2.40. The first-order valence-electron chi connectivity index (χ1n) is 11.5. The zero-order valence-electron chi connectivity index (χ0n) is 20.8. The second-order valence-electron chi connectivity index (χ2n) is 8.15. The molecule has 0 spiro atoms. The van der Waals surface area contributed by atoms with Gasteiger partial charge in [0.25, 0.3) is 10.0 Å². The summed E-state index contributed by atoms with van der Waals surface area (Å²) in [5.41, 5.74) is 2.21. The molecule has 0 unspecified atom stereocenters. The second kappa shape index (κ2) is 11.2. The lowest BCUT2D eigenvalue weighted by atomic mass is 10.2. The van der Waals surface area contributed by atoms with Gasteiger partial charge in [0.1, 0.15) is 12.4 Å². The largest absolute Gasteiger partial charge is 0.493 e. The number of aromatic nitrogens is 2. The highest BCUT2D eigenvalue weighted by molar-refractivity contribution is 7.92. The van der Waals surface area contributed by atoms with Gasteiger partial charge in [-0.3, -0.25) is 9.10 Å². The number of methoxy groups -OCH3 is 2. The van der Waals surface area contributed by atoms with Gasteiger partial charge in [0.15, 0.2) is 11.5 Å². The van der Waals surface area contributed by atoms with Gasteiger partial charge in [-0.1, -0.05) is 30.3 Å². The molecule has 1 amide bonds. The first-order valence-corrected chi connectivity index (χ1v) is 12.9. The zero-order valence-corrected chi connectivity index (χ0v) is 21.6. The Hall–Kier alpha value is -4.31.